The fraction of sp³-hybridized carbons (Fsp3) is 0.500. The fourth-order valence-electron chi connectivity index (χ4n) is 5.85. The Morgan fingerprint density at radius 2 is 1.70 bits per heavy atom. The average Bonchev–Trinajstić information content (AvgIpc) is 3.15. The highest BCUT2D eigenvalue weighted by molar-refractivity contribution is 6.30. The third kappa shape index (κ3) is 5.54. The largest absolute Gasteiger partial charge is 0.325 e. The molecule has 0 bridgehead atoms. The van der Waals surface area contributed by atoms with Crippen molar-refractivity contribution in [3.8, 4) is 0 Å². The van der Waals surface area contributed by atoms with E-state index in [0.29, 0.717) is 24.4 Å². The number of aryl methyl sites for hydroxylation is 1. The Balaban J connectivity index is 1.37. The SMILES string of the molecule is [C-]#[N+]C1(c2ccccc2C)CCN(CCCN2C(=O)NC(CCCCC)(c3ccc(Cl)cc3)C2=O)CC1. The predicted octanol–water partition coefficient (Wildman–Crippen LogP) is 6.28. The lowest BCUT2D eigenvalue weighted by atomic mass is 9.79. The molecule has 0 aromatic heterocycles. The number of carbonyl (C=O) groups is 2. The molecule has 2 aromatic rings. The van der Waals surface area contributed by atoms with E-state index in [-0.39, 0.29) is 11.9 Å². The Morgan fingerprint density at radius 3 is 2.35 bits per heavy atom. The second kappa shape index (κ2) is 11.7. The number of rotatable bonds is 10. The van der Waals surface area contributed by atoms with Crippen LogP contribution >= 0.6 is 11.6 Å². The van der Waals surface area contributed by atoms with Crippen molar-refractivity contribution >= 4 is 23.5 Å². The summed E-state index contributed by atoms with van der Waals surface area (Å²) < 4.78 is 0. The van der Waals surface area contributed by atoms with Crippen LogP contribution < -0.4 is 5.32 Å². The summed E-state index contributed by atoms with van der Waals surface area (Å²) in [5.41, 5.74) is 1.63. The molecule has 7 heteroatoms. The molecule has 2 heterocycles. The van der Waals surface area contributed by atoms with Gasteiger partial charge in [-0.3, -0.25) is 9.69 Å². The van der Waals surface area contributed by atoms with Gasteiger partial charge >= 0.3 is 6.03 Å². The number of benzene rings is 2. The van der Waals surface area contributed by atoms with Crippen LogP contribution in [0, 0.1) is 13.5 Å². The third-order valence-corrected chi connectivity index (χ3v) is 8.32. The number of carbonyl (C=O) groups excluding carboxylic acids is 2. The molecule has 6 nitrogen and oxygen atoms in total. The molecule has 1 atom stereocenters. The molecule has 37 heavy (non-hydrogen) atoms. The Morgan fingerprint density at radius 1 is 1.00 bits per heavy atom. The maximum Gasteiger partial charge on any atom is 0.325 e. The van der Waals surface area contributed by atoms with Crippen molar-refractivity contribution < 1.29 is 9.59 Å². The smallest absolute Gasteiger partial charge is 0.319 e. The normalized spacial score (nSPS) is 21.6. The molecule has 0 radical (unpaired) electrons. The highest BCUT2D eigenvalue weighted by atomic mass is 35.5. The Kier molecular flexibility index (Phi) is 8.56. The van der Waals surface area contributed by atoms with Crippen molar-refractivity contribution in [3.05, 3.63) is 81.7 Å². The van der Waals surface area contributed by atoms with Crippen LogP contribution in [0.1, 0.15) is 68.6 Å². The second-order valence-corrected chi connectivity index (χ2v) is 10.8. The molecule has 3 amide bonds. The number of likely N-dealkylation sites (tertiary alicyclic amines) is 1. The summed E-state index contributed by atoms with van der Waals surface area (Å²) in [6, 6.07) is 15.1. The van der Waals surface area contributed by atoms with E-state index in [1.165, 1.54) is 10.5 Å². The lowest BCUT2D eigenvalue weighted by molar-refractivity contribution is -0.132. The van der Waals surface area contributed by atoms with E-state index in [2.05, 4.69) is 41.0 Å². The average molecular weight is 521 g/mol. The van der Waals surface area contributed by atoms with Gasteiger partial charge in [-0.1, -0.05) is 74.2 Å². The van der Waals surface area contributed by atoms with Crippen LogP contribution in [0.15, 0.2) is 48.5 Å². The summed E-state index contributed by atoms with van der Waals surface area (Å²) >= 11 is 6.09. The Hall–Kier alpha value is -2.88. The summed E-state index contributed by atoms with van der Waals surface area (Å²) in [7, 11) is 0. The van der Waals surface area contributed by atoms with Gasteiger partial charge in [-0.05, 0) is 49.6 Å². The standard InChI is InChI=1S/C30H37ClN4O2/c1-4-5-8-16-30(24-12-14-25(31)15-13-24)27(36)35(28(37)33-30)20-9-19-34-21-17-29(32-3,18-22-34)26-11-7-6-10-23(26)2/h6-7,10-15H,4-5,8-9,16-22H2,1-2H3,(H,33,37). The van der Waals surface area contributed by atoms with Gasteiger partial charge in [0.2, 0.25) is 0 Å². The minimum Gasteiger partial charge on any atom is -0.319 e. The van der Waals surface area contributed by atoms with E-state index < -0.39 is 11.1 Å². The van der Waals surface area contributed by atoms with Crippen molar-refractivity contribution in [2.75, 3.05) is 26.2 Å². The van der Waals surface area contributed by atoms with Crippen molar-refractivity contribution in [2.45, 2.75) is 69.9 Å². The quantitative estimate of drug-likeness (QED) is 0.228. The summed E-state index contributed by atoms with van der Waals surface area (Å²) in [6.07, 6.45) is 5.77. The van der Waals surface area contributed by atoms with Gasteiger partial charge < -0.3 is 15.1 Å². The first-order chi connectivity index (χ1) is 17.8. The number of halogens is 1. The second-order valence-electron chi connectivity index (χ2n) is 10.4. The van der Waals surface area contributed by atoms with Gasteiger partial charge in [0.05, 0.1) is 0 Å². The van der Waals surface area contributed by atoms with Crippen LogP contribution in [0.5, 0.6) is 0 Å². The molecule has 1 unspecified atom stereocenters. The zero-order valence-corrected chi connectivity index (χ0v) is 22.7. The van der Waals surface area contributed by atoms with Crippen LogP contribution in [0.25, 0.3) is 4.85 Å². The number of nitrogens with zero attached hydrogens (tertiary/aromatic N) is 3. The Bertz CT molecular complexity index is 1150. The van der Waals surface area contributed by atoms with E-state index in [1.54, 1.807) is 12.1 Å². The minimum absolute atomic E-state index is 0.166. The van der Waals surface area contributed by atoms with Gasteiger partial charge in [0, 0.05) is 43.1 Å². The number of nitrogens with one attached hydrogen (secondary N) is 1. The van der Waals surface area contributed by atoms with Crippen LogP contribution in [-0.4, -0.2) is 47.9 Å². The zero-order chi connectivity index (χ0) is 26.5. The molecule has 0 saturated carbocycles. The minimum atomic E-state index is -1.02. The molecule has 0 spiro atoms. The lowest BCUT2D eigenvalue weighted by Crippen LogP contribution is -2.44. The molecule has 2 saturated heterocycles. The van der Waals surface area contributed by atoms with Gasteiger partial charge in [-0.15, -0.1) is 0 Å². The van der Waals surface area contributed by atoms with Gasteiger partial charge in [0.25, 0.3) is 11.4 Å². The third-order valence-electron chi connectivity index (χ3n) is 8.07. The molecule has 196 valence electrons. The zero-order valence-electron chi connectivity index (χ0n) is 21.9. The van der Waals surface area contributed by atoms with Gasteiger partial charge in [-0.25, -0.2) is 11.4 Å². The molecule has 2 fully saturated rings. The van der Waals surface area contributed by atoms with Gasteiger partial charge in [0.1, 0.15) is 5.54 Å². The maximum absolute atomic E-state index is 13.7. The molecular weight excluding hydrogens is 484 g/mol. The van der Waals surface area contributed by atoms with E-state index in [0.717, 1.165) is 62.9 Å². The van der Waals surface area contributed by atoms with E-state index in [9.17, 15) is 9.59 Å². The van der Waals surface area contributed by atoms with Crippen molar-refractivity contribution in [3.63, 3.8) is 0 Å². The Labute approximate surface area is 225 Å². The van der Waals surface area contributed by atoms with Crippen LogP contribution in [0.2, 0.25) is 5.02 Å². The molecule has 2 aromatic carbocycles. The molecule has 1 N–H and O–H groups in total. The fourth-order valence-corrected chi connectivity index (χ4v) is 5.97. The molecular formula is C30H37ClN4O2. The van der Waals surface area contributed by atoms with E-state index in [1.807, 2.05) is 24.3 Å². The number of hydrogen-bond donors (Lipinski definition) is 1. The van der Waals surface area contributed by atoms with Crippen molar-refractivity contribution in [2.24, 2.45) is 0 Å². The van der Waals surface area contributed by atoms with Crippen molar-refractivity contribution in [1.29, 1.82) is 0 Å². The highest BCUT2D eigenvalue weighted by Gasteiger charge is 2.51. The number of unbranched alkanes of at least 4 members (excludes halogenated alkanes) is 2. The lowest BCUT2D eigenvalue weighted by Gasteiger charge is -2.35. The van der Waals surface area contributed by atoms with Crippen LogP contribution in [0.3, 0.4) is 0 Å². The monoisotopic (exact) mass is 520 g/mol. The molecule has 4 rings (SSSR count). The van der Waals surface area contributed by atoms with Gasteiger partial charge in [0.15, 0.2) is 0 Å². The number of urea groups is 1. The van der Waals surface area contributed by atoms with Crippen LogP contribution in [0.4, 0.5) is 4.79 Å². The van der Waals surface area contributed by atoms with Crippen LogP contribution in [-0.2, 0) is 15.9 Å². The summed E-state index contributed by atoms with van der Waals surface area (Å²) in [5.74, 6) is -0.166. The molecule has 2 aliphatic rings. The maximum atomic E-state index is 13.7. The van der Waals surface area contributed by atoms with E-state index in [4.69, 9.17) is 18.2 Å². The number of piperidine rings is 1. The summed E-state index contributed by atoms with van der Waals surface area (Å²) in [5, 5.41) is 3.64. The topological polar surface area (TPSA) is 57.0 Å². The predicted molar refractivity (Wildman–Crippen MR) is 147 cm³/mol. The summed E-state index contributed by atoms with van der Waals surface area (Å²) in [6.45, 7) is 15.0. The molecule has 2 aliphatic heterocycles. The first kappa shape index (κ1) is 27.2. The molecule has 0 aliphatic carbocycles. The number of imide groups is 1. The van der Waals surface area contributed by atoms with Crippen molar-refractivity contribution in [1.82, 2.24) is 15.1 Å². The highest BCUT2D eigenvalue weighted by Crippen LogP contribution is 2.39. The first-order valence-electron chi connectivity index (χ1n) is 13.4. The number of amides is 3. The van der Waals surface area contributed by atoms with E-state index >= 15 is 0 Å². The summed E-state index contributed by atoms with van der Waals surface area (Å²) in [4.78, 5) is 34.5. The number of hydrogen-bond acceptors (Lipinski definition) is 3. The first-order valence-corrected chi connectivity index (χ1v) is 13.8. The van der Waals surface area contributed by atoms with Gasteiger partial charge in [-0.2, -0.15) is 0 Å².